The number of aromatic nitrogens is 4. The highest BCUT2D eigenvalue weighted by molar-refractivity contribution is 5.72. The van der Waals surface area contributed by atoms with E-state index in [4.69, 9.17) is 5.11 Å². The lowest BCUT2D eigenvalue weighted by atomic mass is 10.2. The molecule has 1 unspecified atom stereocenters. The van der Waals surface area contributed by atoms with Crippen molar-refractivity contribution in [2.75, 3.05) is 0 Å². The summed E-state index contributed by atoms with van der Waals surface area (Å²) in [5.41, 5.74) is 1.09. The first-order chi connectivity index (χ1) is 9.16. The summed E-state index contributed by atoms with van der Waals surface area (Å²) in [5, 5.41) is 23.1. The van der Waals surface area contributed by atoms with Gasteiger partial charge in [-0.25, -0.2) is 4.68 Å². The van der Waals surface area contributed by atoms with Crippen LogP contribution in [0.5, 0.6) is 0 Å². The Hall–Kier alpha value is -2.28. The van der Waals surface area contributed by atoms with Gasteiger partial charge in [-0.3, -0.25) is 10.1 Å². The highest BCUT2D eigenvalue weighted by atomic mass is 16.4. The van der Waals surface area contributed by atoms with Crippen LogP contribution in [0.4, 0.5) is 0 Å². The van der Waals surface area contributed by atoms with Crippen LogP contribution in [0.1, 0.15) is 18.3 Å². The molecule has 0 bridgehead atoms. The van der Waals surface area contributed by atoms with Crippen molar-refractivity contribution in [3.05, 3.63) is 41.7 Å². The SMILES string of the molecule is CC(NCc1nnnn1Cc1ccccc1)C(=O)O. The van der Waals surface area contributed by atoms with E-state index in [-0.39, 0.29) is 0 Å². The molecule has 1 aromatic carbocycles. The fourth-order valence-electron chi connectivity index (χ4n) is 1.56. The molecule has 0 fully saturated rings. The maximum atomic E-state index is 10.7. The standard InChI is InChI=1S/C12H15N5O2/c1-9(12(18)19)13-7-11-14-15-16-17(11)8-10-5-3-2-4-6-10/h2-6,9,13H,7-8H2,1H3,(H,18,19). The molecule has 100 valence electrons. The molecular formula is C12H15N5O2. The minimum atomic E-state index is -0.901. The molecule has 19 heavy (non-hydrogen) atoms. The van der Waals surface area contributed by atoms with Gasteiger partial charge in [-0.2, -0.15) is 0 Å². The lowest BCUT2D eigenvalue weighted by Crippen LogP contribution is -2.34. The molecule has 0 aliphatic carbocycles. The van der Waals surface area contributed by atoms with Gasteiger partial charge in [-0.1, -0.05) is 30.3 Å². The van der Waals surface area contributed by atoms with Crippen LogP contribution in [0, 0.1) is 0 Å². The van der Waals surface area contributed by atoms with Gasteiger partial charge in [0.25, 0.3) is 0 Å². The van der Waals surface area contributed by atoms with Crippen molar-refractivity contribution in [3.63, 3.8) is 0 Å². The third kappa shape index (κ3) is 3.59. The van der Waals surface area contributed by atoms with E-state index in [2.05, 4.69) is 20.8 Å². The molecule has 0 saturated heterocycles. The number of carboxylic acid groups (broad SMARTS) is 1. The number of nitrogens with one attached hydrogen (secondary N) is 1. The molecule has 2 N–H and O–H groups in total. The van der Waals surface area contributed by atoms with Crippen LogP contribution >= 0.6 is 0 Å². The number of benzene rings is 1. The van der Waals surface area contributed by atoms with Gasteiger partial charge in [-0.05, 0) is 22.9 Å². The normalized spacial score (nSPS) is 12.3. The highest BCUT2D eigenvalue weighted by Gasteiger charge is 2.12. The molecule has 0 aliphatic rings. The lowest BCUT2D eigenvalue weighted by Gasteiger charge is -2.09. The Morgan fingerprint density at radius 2 is 2.16 bits per heavy atom. The number of hydrogen-bond acceptors (Lipinski definition) is 5. The Morgan fingerprint density at radius 3 is 2.84 bits per heavy atom. The number of hydrogen-bond donors (Lipinski definition) is 2. The van der Waals surface area contributed by atoms with Crippen LogP contribution in [0.25, 0.3) is 0 Å². The predicted molar refractivity (Wildman–Crippen MR) is 67.3 cm³/mol. The minimum Gasteiger partial charge on any atom is -0.480 e. The zero-order chi connectivity index (χ0) is 13.7. The second-order valence-corrected chi connectivity index (χ2v) is 4.18. The predicted octanol–water partition coefficient (Wildman–Crippen LogP) is 0.284. The number of rotatable bonds is 6. The molecule has 7 nitrogen and oxygen atoms in total. The number of carbonyl (C=O) groups is 1. The van der Waals surface area contributed by atoms with E-state index in [9.17, 15) is 4.79 Å². The molecule has 0 saturated carbocycles. The van der Waals surface area contributed by atoms with Crippen molar-refractivity contribution in [3.8, 4) is 0 Å². The summed E-state index contributed by atoms with van der Waals surface area (Å²) < 4.78 is 1.65. The summed E-state index contributed by atoms with van der Waals surface area (Å²) in [6.45, 7) is 2.45. The van der Waals surface area contributed by atoms with Crippen LogP contribution in [0.2, 0.25) is 0 Å². The Balaban J connectivity index is 2.00. The van der Waals surface area contributed by atoms with Crippen LogP contribution < -0.4 is 5.32 Å². The molecule has 0 spiro atoms. The summed E-state index contributed by atoms with van der Waals surface area (Å²) in [6.07, 6.45) is 0. The van der Waals surface area contributed by atoms with E-state index in [0.717, 1.165) is 5.56 Å². The van der Waals surface area contributed by atoms with Crippen LogP contribution in [0.3, 0.4) is 0 Å². The van der Waals surface area contributed by atoms with Gasteiger partial charge in [0.2, 0.25) is 0 Å². The quantitative estimate of drug-likeness (QED) is 0.776. The van der Waals surface area contributed by atoms with E-state index in [1.165, 1.54) is 0 Å². The van der Waals surface area contributed by atoms with Gasteiger partial charge in [0.05, 0.1) is 13.1 Å². The number of aliphatic carboxylic acids is 1. The van der Waals surface area contributed by atoms with Crippen molar-refractivity contribution in [2.24, 2.45) is 0 Å². The molecule has 2 rings (SSSR count). The lowest BCUT2D eigenvalue weighted by molar-refractivity contribution is -0.139. The highest BCUT2D eigenvalue weighted by Crippen LogP contribution is 2.02. The Bertz CT molecular complexity index is 540. The van der Waals surface area contributed by atoms with Gasteiger partial charge < -0.3 is 5.11 Å². The second-order valence-electron chi connectivity index (χ2n) is 4.18. The van der Waals surface area contributed by atoms with Gasteiger partial charge in [0.15, 0.2) is 5.82 Å². The van der Waals surface area contributed by atoms with Crippen LogP contribution in [-0.4, -0.2) is 37.3 Å². The zero-order valence-corrected chi connectivity index (χ0v) is 10.5. The summed E-state index contributed by atoms with van der Waals surface area (Å²) >= 11 is 0. The fraction of sp³-hybridized carbons (Fsp3) is 0.333. The van der Waals surface area contributed by atoms with Crippen molar-refractivity contribution in [2.45, 2.75) is 26.1 Å². The Kier molecular flexibility index (Phi) is 4.19. The topological polar surface area (TPSA) is 92.9 Å². The van der Waals surface area contributed by atoms with Gasteiger partial charge >= 0.3 is 5.97 Å². The third-order valence-corrected chi connectivity index (χ3v) is 2.72. The van der Waals surface area contributed by atoms with Crippen molar-refractivity contribution in [1.29, 1.82) is 0 Å². The van der Waals surface area contributed by atoms with E-state index >= 15 is 0 Å². The zero-order valence-electron chi connectivity index (χ0n) is 10.5. The van der Waals surface area contributed by atoms with E-state index < -0.39 is 12.0 Å². The van der Waals surface area contributed by atoms with Gasteiger partial charge in [-0.15, -0.1) is 5.10 Å². The van der Waals surface area contributed by atoms with E-state index in [1.807, 2.05) is 30.3 Å². The van der Waals surface area contributed by atoms with Crippen LogP contribution in [0.15, 0.2) is 30.3 Å². The Labute approximate surface area is 110 Å². The number of carboxylic acids is 1. The fourth-order valence-corrected chi connectivity index (χ4v) is 1.56. The third-order valence-electron chi connectivity index (χ3n) is 2.72. The smallest absolute Gasteiger partial charge is 0.320 e. The molecule has 0 radical (unpaired) electrons. The monoisotopic (exact) mass is 261 g/mol. The molecule has 2 aromatic rings. The largest absolute Gasteiger partial charge is 0.480 e. The average molecular weight is 261 g/mol. The van der Waals surface area contributed by atoms with Crippen molar-refractivity contribution >= 4 is 5.97 Å². The maximum absolute atomic E-state index is 10.7. The first-order valence-electron chi connectivity index (χ1n) is 5.92. The second kappa shape index (κ2) is 6.05. The Morgan fingerprint density at radius 1 is 1.42 bits per heavy atom. The van der Waals surface area contributed by atoms with Crippen molar-refractivity contribution in [1.82, 2.24) is 25.5 Å². The van der Waals surface area contributed by atoms with E-state index in [0.29, 0.717) is 18.9 Å². The maximum Gasteiger partial charge on any atom is 0.320 e. The molecule has 7 heteroatoms. The summed E-state index contributed by atoms with van der Waals surface area (Å²) in [5.74, 6) is -0.293. The van der Waals surface area contributed by atoms with Crippen LogP contribution in [-0.2, 0) is 17.9 Å². The van der Waals surface area contributed by atoms with Crippen molar-refractivity contribution < 1.29 is 9.90 Å². The molecule has 1 aromatic heterocycles. The van der Waals surface area contributed by atoms with Gasteiger partial charge in [0, 0.05) is 0 Å². The molecule has 1 heterocycles. The average Bonchev–Trinajstić information content (AvgIpc) is 2.84. The molecule has 0 aliphatic heterocycles. The number of tetrazole rings is 1. The first kappa shape index (κ1) is 13.2. The minimum absolute atomic E-state index is 0.313. The summed E-state index contributed by atoms with van der Waals surface area (Å²) in [4.78, 5) is 10.7. The first-order valence-corrected chi connectivity index (χ1v) is 5.92. The van der Waals surface area contributed by atoms with Gasteiger partial charge in [0.1, 0.15) is 6.04 Å². The summed E-state index contributed by atoms with van der Waals surface area (Å²) in [6, 6.07) is 9.17. The summed E-state index contributed by atoms with van der Waals surface area (Å²) in [7, 11) is 0. The number of nitrogens with zero attached hydrogens (tertiary/aromatic N) is 4. The molecular weight excluding hydrogens is 246 g/mol. The van der Waals surface area contributed by atoms with E-state index in [1.54, 1.807) is 11.6 Å². The molecule has 1 atom stereocenters. The molecule has 0 amide bonds.